The van der Waals surface area contributed by atoms with Crippen LogP contribution in [-0.2, 0) is 4.79 Å². The number of carbonyl (C=O) groups is 1. The van der Waals surface area contributed by atoms with Gasteiger partial charge in [-0.2, -0.15) is 0 Å². The Labute approximate surface area is 110 Å². The second-order valence-corrected chi connectivity index (χ2v) is 5.71. The third-order valence-electron chi connectivity index (χ3n) is 4.16. The zero-order chi connectivity index (χ0) is 13.1. The van der Waals surface area contributed by atoms with Crippen molar-refractivity contribution >= 4 is 5.91 Å². The molecule has 2 atom stereocenters. The van der Waals surface area contributed by atoms with Crippen molar-refractivity contribution < 1.29 is 4.79 Å². The Morgan fingerprint density at radius 2 is 1.89 bits per heavy atom. The summed E-state index contributed by atoms with van der Waals surface area (Å²) in [5.74, 6) is 1.41. The summed E-state index contributed by atoms with van der Waals surface area (Å²) in [6.45, 7) is 8.08. The molecule has 0 N–H and O–H groups in total. The van der Waals surface area contributed by atoms with E-state index in [2.05, 4.69) is 38.1 Å². The Hall–Kier alpha value is -1.31. The molecule has 1 aliphatic rings. The fraction of sp³-hybridized carbons (Fsp3) is 0.562. The molecule has 2 nitrogen and oxygen atoms in total. The predicted octanol–water partition coefficient (Wildman–Crippen LogP) is 3.29. The van der Waals surface area contributed by atoms with E-state index in [-0.39, 0.29) is 5.92 Å². The van der Waals surface area contributed by atoms with Crippen molar-refractivity contribution in [3.8, 4) is 0 Å². The first-order chi connectivity index (χ1) is 8.59. The van der Waals surface area contributed by atoms with Crippen LogP contribution < -0.4 is 0 Å². The summed E-state index contributed by atoms with van der Waals surface area (Å²) in [4.78, 5) is 14.3. The van der Waals surface area contributed by atoms with Crippen molar-refractivity contribution in [2.24, 2.45) is 11.8 Å². The van der Waals surface area contributed by atoms with Gasteiger partial charge in [0, 0.05) is 24.9 Å². The maximum Gasteiger partial charge on any atom is 0.225 e. The minimum Gasteiger partial charge on any atom is -0.342 e. The third-order valence-corrected chi connectivity index (χ3v) is 4.16. The Bertz CT molecular complexity index is 399. The number of likely N-dealkylation sites (tertiary alicyclic amines) is 1. The smallest absolute Gasteiger partial charge is 0.225 e. The van der Waals surface area contributed by atoms with Gasteiger partial charge in [0.2, 0.25) is 5.91 Å². The van der Waals surface area contributed by atoms with Gasteiger partial charge >= 0.3 is 0 Å². The van der Waals surface area contributed by atoms with Gasteiger partial charge in [0.05, 0.1) is 0 Å². The van der Waals surface area contributed by atoms with Crippen molar-refractivity contribution in [1.29, 1.82) is 0 Å². The summed E-state index contributed by atoms with van der Waals surface area (Å²) in [7, 11) is 0. The molecule has 1 heterocycles. The molecule has 1 amide bonds. The second kappa shape index (κ2) is 5.55. The van der Waals surface area contributed by atoms with Crippen LogP contribution in [0.4, 0.5) is 0 Å². The summed E-state index contributed by atoms with van der Waals surface area (Å²) in [5.41, 5.74) is 1.37. The van der Waals surface area contributed by atoms with Gasteiger partial charge in [0.15, 0.2) is 0 Å². The summed E-state index contributed by atoms with van der Waals surface area (Å²) >= 11 is 0. The second-order valence-electron chi connectivity index (χ2n) is 5.71. The molecule has 2 rings (SSSR count). The normalized spacial score (nSPS) is 21.3. The molecule has 1 unspecified atom stereocenters. The lowest BCUT2D eigenvalue weighted by molar-refractivity contribution is -0.135. The van der Waals surface area contributed by atoms with Crippen molar-refractivity contribution in [3.63, 3.8) is 0 Å². The van der Waals surface area contributed by atoms with Gasteiger partial charge in [0.1, 0.15) is 0 Å². The number of nitrogens with zero attached hydrogens (tertiary/aromatic N) is 1. The zero-order valence-electron chi connectivity index (χ0n) is 11.6. The lowest BCUT2D eigenvalue weighted by atomic mass is 9.96. The number of amides is 1. The van der Waals surface area contributed by atoms with Gasteiger partial charge in [-0.15, -0.1) is 0 Å². The third kappa shape index (κ3) is 2.74. The van der Waals surface area contributed by atoms with Crippen LogP contribution in [0.3, 0.4) is 0 Å². The van der Waals surface area contributed by atoms with Crippen molar-refractivity contribution in [1.82, 2.24) is 4.90 Å². The molecule has 0 saturated carbocycles. The highest BCUT2D eigenvalue weighted by Crippen LogP contribution is 2.28. The average molecular weight is 245 g/mol. The van der Waals surface area contributed by atoms with Crippen LogP contribution >= 0.6 is 0 Å². The number of hydrogen-bond donors (Lipinski definition) is 0. The summed E-state index contributed by atoms with van der Waals surface area (Å²) in [6, 6.07) is 10.5. The van der Waals surface area contributed by atoms with Crippen LogP contribution in [0.2, 0.25) is 0 Å². The molecule has 0 radical (unpaired) electrons. The Balaban J connectivity index is 1.99. The van der Waals surface area contributed by atoms with Crippen LogP contribution in [0.5, 0.6) is 0 Å². The quantitative estimate of drug-likeness (QED) is 0.800. The van der Waals surface area contributed by atoms with E-state index in [9.17, 15) is 4.79 Å². The Kier molecular flexibility index (Phi) is 4.05. The standard InChI is InChI=1S/C16H23NO/c1-12(2)13(3)16(18)17-10-9-15(11-17)14-7-5-4-6-8-14/h4-8,12-13,15H,9-11H2,1-3H3/t13-,15?/m0/s1. The molecule has 1 aromatic rings. The van der Waals surface area contributed by atoms with E-state index < -0.39 is 0 Å². The molecular weight excluding hydrogens is 222 g/mol. The number of benzene rings is 1. The molecule has 1 fully saturated rings. The molecule has 1 aromatic carbocycles. The number of rotatable bonds is 3. The summed E-state index contributed by atoms with van der Waals surface area (Å²) in [5, 5.41) is 0. The van der Waals surface area contributed by atoms with E-state index in [1.807, 2.05) is 17.9 Å². The van der Waals surface area contributed by atoms with E-state index in [0.717, 1.165) is 19.5 Å². The zero-order valence-corrected chi connectivity index (χ0v) is 11.6. The Morgan fingerprint density at radius 3 is 2.50 bits per heavy atom. The minimum absolute atomic E-state index is 0.138. The molecule has 1 saturated heterocycles. The van der Waals surface area contributed by atoms with Crippen LogP contribution in [0.15, 0.2) is 30.3 Å². The predicted molar refractivity (Wildman–Crippen MR) is 74.4 cm³/mol. The lowest BCUT2D eigenvalue weighted by Gasteiger charge is -2.23. The topological polar surface area (TPSA) is 20.3 Å². The summed E-state index contributed by atoms with van der Waals surface area (Å²) < 4.78 is 0. The highest BCUT2D eigenvalue weighted by molar-refractivity contribution is 5.79. The fourth-order valence-corrected chi connectivity index (χ4v) is 2.53. The first kappa shape index (κ1) is 13.1. The van der Waals surface area contributed by atoms with Gasteiger partial charge in [-0.05, 0) is 17.9 Å². The van der Waals surface area contributed by atoms with Gasteiger partial charge in [-0.3, -0.25) is 4.79 Å². The van der Waals surface area contributed by atoms with E-state index in [4.69, 9.17) is 0 Å². The SMILES string of the molecule is CC(C)[C@H](C)C(=O)N1CCC(c2ccccc2)C1. The van der Waals surface area contributed by atoms with E-state index in [1.54, 1.807) is 0 Å². The van der Waals surface area contributed by atoms with Crippen molar-refractivity contribution in [3.05, 3.63) is 35.9 Å². The first-order valence-electron chi connectivity index (χ1n) is 6.93. The molecule has 0 bridgehead atoms. The monoisotopic (exact) mass is 245 g/mol. The van der Waals surface area contributed by atoms with Crippen molar-refractivity contribution in [2.45, 2.75) is 33.1 Å². The number of hydrogen-bond acceptors (Lipinski definition) is 1. The first-order valence-corrected chi connectivity index (χ1v) is 6.93. The van der Waals surface area contributed by atoms with Crippen LogP contribution in [-0.4, -0.2) is 23.9 Å². The Morgan fingerprint density at radius 1 is 1.22 bits per heavy atom. The van der Waals surface area contributed by atoms with Crippen LogP contribution in [0.1, 0.15) is 38.7 Å². The van der Waals surface area contributed by atoms with Crippen molar-refractivity contribution in [2.75, 3.05) is 13.1 Å². The fourth-order valence-electron chi connectivity index (χ4n) is 2.53. The largest absolute Gasteiger partial charge is 0.342 e. The van der Waals surface area contributed by atoms with Crippen LogP contribution in [0.25, 0.3) is 0 Å². The van der Waals surface area contributed by atoms with E-state index in [0.29, 0.717) is 17.7 Å². The molecule has 18 heavy (non-hydrogen) atoms. The molecule has 0 aliphatic carbocycles. The molecule has 0 aromatic heterocycles. The van der Waals surface area contributed by atoms with E-state index in [1.165, 1.54) is 5.56 Å². The maximum absolute atomic E-state index is 12.3. The van der Waals surface area contributed by atoms with Gasteiger partial charge in [-0.1, -0.05) is 51.1 Å². The van der Waals surface area contributed by atoms with Gasteiger partial charge in [-0.25, -0.2) is 0 Å². The minimum atomic E-state index is 0.138. The average Bonchev–Trinajstić information content (AvgIpc) is 2.87. The van der Waals surface area contributed by atoms with Gasteiger partial charge < -0.3 is 4.90 Å². The summed E-state index contributed by atoms with van der Waals surface area (Å²) in [6.07, 6.45) is 1.10. The molecule has 98 valence electrons. The van der Waals surface area contributed by atoms with Crippen LogP contribution in [0, 0.1) is 11.8 Å². The molecule has 1 aliphatic heterocycles. The van der Waals surface area contributed by atoms with Gasteiger partial charge in [0.25, 0.3) is 0 Å². The maximum atomic E-state index is 12.3. The molecule has 0 spiro atoms. The number of carbonyl (C=O) groups excluding carboxylic acids is 1. The highest BCUT2D eigenvalue weighted by Gasteiger charge is 2.30. The lowest BCUT2D eigenvalue weighted by Crippen LogP contribution is -2.35. The molecule has 2 heteroatoms. The van der Waals surface area contributed by atoms with E-state index >= 15 is 0 Å². The highest BCUT2D eigenvalue weighted by atomic mass is 16.2. The molecular formula is C16H23NO.